The van der Waals surface area contributed by atoms with Gasteiger partial charge >= 0.3 is 0 Å². The molecule has 0 fully saturated rings. The van der Waals surface area contributed by atoms with Gasteiger partial charge in [-0.05, 0) is 54.8 Å². The molecule has 6 nitrogen and oxygen atoms in total. The number of carbonyl (C=O) groups excluding carboxylic acids is 1. The van der Waals surface area contributed by atoms with Crippen LogP contribution in [0.4, 0.5) is 0 Å². The number of carbonyl (C=O) groups is 1. The Morgan fingerprint density at radius 3 is 2.67 bits per heavy atom. The monoisotopic (exact) mass is 499 g/mol. The number of nitrogens with zero attached hydrogens (tertiary/aromatic N) is 1. The van der Waals surface area contributed by atoms with Crippen LogP contribution in [-0.4, -0.2) is 24.0 Å². The number of ether oxygens (including phenoxy) is 2. The molecule has 0 aliphatic heterocycles. The van der Waals surface area contributed by atoms with Crippen LogP contribution in [0.3, 0.4) is 0 Å². The molecule has 1 aromatic heterocycles. The second kappa shape index (κ2) is 12.0. The molecule has 0 bridgehead atoms. The van der Waals surface area contributed by atoms with E-state index in [4.69, 9.17) is 21.1 Å². The second-order valence-corrected chi connectivity index (χ2v) is 8.46. The lowest BCUT2D eigenvalue weighted by Crippen LogP contribution is -2.26. The first kappa shape index (κ1) is 24.9. The third-order valence-corrected chi connectivity index (χ3v) is 6.01. The number of fused-ring (bicyclic) bond motifs is 1. The summed E-state index contributed by atoms with van der Waals surface area (Å²) in [4.78, 5) is 15.9. The Morgan fingerprint density at radius 1 is 1.06 bits per heavy atom. The number of amides is 1. The summed E-state index contributed by atoms with van der Waals surface area (Å²) in [6, 6.07) is 22.8. The van der Waals surface area contributed by atoms with Crippen LogP contribution in [0.5, 0.6) is 11.5 Å². The first-order chi connectivity index (χ1) is 17.6. The first-order valence-corrected chi connectivity index (χ1v) is 12.0. The van der Waals surface area contributed by atoms with E-state index in [9.17, 15) is 10.1 Å². The van der Waals surface area contributed by atoms with Gasteiger partial charge in [-0.2, -0.15) is 5.26 Å². The summed E-state index contributed by atoms with van der Waals surface area (Å²) < 4.78 is 11.7. The Labute approximate surface area is 215 Å². The van der Waals surface area contributed by atoms with Crippen LogP contribution in [0.1, 0.15) is 23.6 Å². The SMILES string of the molecule is CCOc1cc(/C=C(/C#N)C(=O)NCCc2c[nH]c3ccccc23)ccc1OCc1ccccc1Cl. The highest BCUT2D eigenvalue weighted by molar-refractivity contribution is 6.31. The summed E-state index contributed by atoms with van der Waals surface area (Å²) >= 11 is 6.22. The van der Waals surface area contributed by atoms with Gasteiger partial charge in [0.15, 0.2) is 11.5 Å². The standard InChI is InChI=1S/C29H26ClN3O3/c1-2-35-28-16-20(11-12-27(28)36-19-22-7-3-5-9-25(22)30)15-23(17-31)29(34)32-14-13-21-18-33-26-10-6-4-8-24(21)26/h3-12,15-16,18,33H,2,13-14,19H2,1H3,(H,32,34)/b23-15-. The number of hydrogen-bond donors (Lipinski definition) is 2. The zero-order valence-corrected chi connectivity index (χ0v) is 20.6. The molecule has 3 aromatic carbocycles. The number of benzene rings is 3. The van der Waals surface area contributed by atoms with Gasteiger partial charge in [0.2, 0.25) is 0 Å². The summed E-state index contributed by atoms with van der Waals surface area (Å²) in [5.41, 5.74) is 3.71. The Balaban J connectivity index is 1.42. The highest BCUT2D eigenvalue weighted by Gasteiger charge is 2.12. The van der Waals surface area contributed by atoms with Gasteiger partial charge in [0.25, 0.3) is 5.91 Å². The number of aromatic amines is 1. The van der Waals surface area contributed by atoms with Crippen molar-refractivity contribution >= 4 is 34.5 Å². The molecule has 0 saturated carbocycles. The van der Waals surface area contributed by atoms with Gasteiger partial charge in [0, 0.05) is 34.2 Å². The van der Waals surface area contributed by atoms with Crippen LogP contribution < -0.4 is 14.8 Å². The lowest BCUT2D eigenvalue weighted by Gasteiger charge is -2.13. The summed E-state index contributed by atoms with van der Waals surface area (Å²) in [6.07, 6.45) is 4.14. The molecule has 1 heterocycles. The van der Waals surface area contributed by atoms with E-state index in [0.29, 0.717) is 41.7 Å². The van der Waals surface area contributed by atoms with E-state index in [1.807, 2.05) is 67.7 Å². The summed E-state index contributed by atoms with van der Waals surface area (Å²) in [6.45, 7) is 3.02. The number of rotatable bonds is 10. The van der Waals surface area contributed by atoms with E-state index in [1.165, 1.54) is 0 Å². The zero-order chi connectivity index (χ0) is 25.3. The Hall–Kier alpha value is -4.21. The van der Waals surface area contributed by atoms with E-state index in [0.717, 1.165) is 22.0 Å². The number of nitrogens with one attached hydrogen (secondary N) is 2. The van der Waals surface area contributed by atoms with E-state index in [1.54, 1.807) is 24.3 Å². The summed E-state index contributed by atoms with van der Waals surface area (Å²) in [5, 5.41) is 14.2. The third kappa shape index (κ3) is 6.07. The fraction of sp³-hybridized carbons (Fsp3) is 0.172. The molecule has 36 heavy (non-hydrogen) atoms. The number of aromatic nitrogens is 1. The lowest BCUT2D eigenvalue weighted by atomic mass is 10.1. The van der Waals surface area contributed by atoms with Gasteiger partial charge in [-0.25, -0.2) is 0 Å². The molecule has 0 aliphatic carbocycles. The maximum Gasteiger partial charge on any atom is 0.261 e. The van der Waals surface area contributed by atoms with Gasteiger partial charge in [-0.15, -0.1) is 0 Å². The van der Waals surface area contributed by atoms with Crippen LogP contribution in [0.25, 0.3) is 17.0 Å². The van der Waals surface area contributed by atoms with E-state index in [-0.39, 0.29) is 12.2 Å². The Bertz CT molecular complexity index is 1440. The van der Waals surface area contributed by atoms with Crippen molar-refractivity contribution in [2.45, 2.75) is 20.0 Å². The zero-order valence-electron chi connectivity index (χ0n) is 19.9. The minimum Gasteiger partial charge on any atom is -0.490 e. The highest BCUT2D eigenvalue weighted by Crippen LogP contribution is 2.31. The van der Waals surface area contributed by atoms with Crippen molar-refractivity contribution in [2.75, 3.05) is 13.2 Å². The molecular weight excluding hydrogens is 474 g/mol. The van der Waals surface area contributed by atoms with Crippen molar-refractivity contribution in [1.29, 1.82) is 5.26 Å². The quantitative estimate of drug-likeness (QED) is 0.205. The maximum absolute atomic E-state index is 12.7. The van der Waals surface area contributed by atoms with Gasteiger partial charge in [-0.1, -0.05) is 54.1 Å². The average molecular weight is 500 g/mol. The Morgan fingerprint density at radius 2 is 1.86 bits per heavy atom. The molecular formula is C29H26ClN3O3. The van der Waals surface area contributed by atoms with Crippen molar-refractivity contribution in [3.63, 3.8) is 0 Å². The molecule has 0 saturated heterocycles. The minimum atomic E-state index is -0.422. The number of H-pyrrole nitrogens is 1. The van der Waals surface area contributed by atoms with Crippen molar-refractivity contribution in [1.82, 2.24) is 10.3 Å². The van der Waals surface area contributed by atoms with E-state index < -0.39 is 5.91 Å². The molecule has 4 aromatic rings. The van der Waals surface area contributed by atoms with Crippen LogP contribution >= 0.6 is 11.6 Å². The third-order valence-electron chi connectivity index (χ3n) is 5.64. The largest absolute Gasteiger partial charge is 0.490 e. The van der Waals surface area contributed by atoms with Crippen LogP contribution in [0, 0.1) is 11.3 Å². The number of para-hydroxylation sites is 1. The topological polar surface area (TPSA) is 87.1 Å². The lowest BCUT2D eigenvalue weighted by molar-refractivity contribution is -0.117. The van der Waals surface area contributed by atoms with Gasteiger partial charge < -0.3 is 19.8 Å². The number of hydrogen-bond acceptors (Lipinski definition) is 4. The molecule has 4 rings (SSSR count). The van der Waals surface area contributed by atoms with Gasteiger partial charge in [-0.3, -0.25) is 4.79 Å². The molecule has 1 amide bonds. The molecule has 0 atom stereocenters. The fourth-order valence-electron chi connectivity index (χ4n) is 3.83. The molecule has 0 aliphatic rings. The van der Waals surface area contributed by atoms with Crippen LogP contribution in [0.15, 0.2) is 78.5 Å². The normalized spacial score (nSPS) is 11.2. The predicted octanol–water partition coefficient (Wildman–Crippen LogP) is 6.06. The van der Waals surface area contributed by atoms with E-state index in [2.05, 4.69) is 10.3 Å². The van der Waals surface area contributed by atoms with Crippen molar-refractivity contribution in [3.05, 3.63) is 100 Å². The summed E-state index contributed by atoms with van der Waals surface area (Å²) in [5.74, 6) is 0.653. The molecule has 7 heteroatoms. The first-order valence-electron chi connectivity index (χ1n) is 11.7. The number of halogens is 1. The molecule has 182 valence electrons. The maximum atomic E-state index is 12.7. The van der Waals surface area contributed by atoms with E-state index >= 15 is 0 Å². The fourth-order valence-corrected chi connectivity index (χ4v) is 4.02. The van der Waals surface area contributed by atoms with Crippen LogP contribution in [0.2, 0.25) is 5.02 Å². The van der Waals surface area contributed by atoms with Crippen molar-refractivity contribution in [2.24, 2.45) is 0 Å². The highest BCUT2D eigenvalue weighted by atomic mass is 35.5. The van der Waals surface area contributed by atoms with Crippen molar-refractivity contribution in [3.8, 4) is 17.6 Å². The smallest absolute Gasteiger partial charge is 0.261 e. The molecule has 0 unspecified atom stereocenters. The number of nitriles is 1. The summed E-state index contributed by atoms with van der Waals surface area (Å²) in [7, 11) is 0. The molecule has 0 spiro atoms. The van der Waals surface area contributed by atoms with Crippen LogP contribution in [-0.2, 0) is 17.8 Å². The predicted molar refractivity (Wildman–Crippen MR) is 142 cm³/mol. The average Bonchev–Trinajstić information content (AvgIpc) is 3.31. The Kier molecular flexibility index (Phi) is 8.28. The van der Waals surface area contributed by atoms with Gasteiger partial charge in [0.05, 0.1) is 6.61 Å². The van der Waals surface area contributed by atoms with Gasteiger partial charge in [0.1, 0.15) is 18.2 Å². The minimum absolute atomic E-state index is 0.0149. The second-order valence-electron chi connectivity index (χ2n) is 8.05. The molecule has 2 N–H and O–H groups in total. The van der Waals surface area contributed by atoms with Crippen molar-refractivity contribution < 1.29 is 14.3 Å². The molecule has 0 radical (unpaired) electrons.